The topological polar surface area (TPSA) is 115 Å². The lowest BCUT2D eigenvalue weighted by Gasteiger charge is -2.33. The molecule has 0 aromatic rings. The molecule has 230 valence electrons. The Kier molecular flexibility index (Phi) is 11.2. The van der Waals surface area contributed by atoms with Gasteiger partial charge in [0.1, 0.15) is 15.2 Å². The van der Waals surface area contributed by atoms with E-state index in [1.54, 1.807) is 4.90 Å². The molecule has 2 aliphatic heterocycles. The summed E-state index contributed by atoms with van der Waals surface area (Å²) in [6.07, 6.45) is 13.5. The van der Waals surface area contributed by atoms with E-state index in [0.29, 0.717) is 44.3 Å². The monoisotopic (exact) mass is 683 g/mol. The smallest absolute Gasteiger partial charge is 0.407 e. The van der Waals surface area contributed by atoms with E-state index in [4.69, 9.17) is 4.74 Å². The van der Waals surface area contributed by atoms with Gasteiger partial charge in [-0.25, -0.2) is 4.79 Å². The number of alkyl carbamates (subject to hydrolysis) is 1. The number of nitriles is 1. The molecule has 0 bridgehead atoms. The molecule has 2 saturated heterocycles. The maximum absolute atomic E-state index is 13.9. The second-order valence-corrected chi connectivity index (χ2v) is 15.1. The molecule has 9 nitrogen and oxygen atoms in total. The van der Waals surface area contributed by atoms with Crippen molar-refractivity contribution in [1.82, 2.24) is 20.4 Å². The number of hydrogen-bond donors (Lipinski definition) is 2. The van der Waals surface area contributed by atoms with E-state index in [0.717, 1.165) is 19.4 Å². The van der Waals surface area contributed by atoms with Crippen molar-refractivity contribution in [2.75, 3.05) is 19.6 Å². The maximum Gasteiger partial charge on any atom is 0.407 e. The molecule has 0 radical (unpaired) electrons. The molecule has 4 aliphatic rings. The van der Waals surface area contributed by atoms with Crippen molar-refractivity contribution in [3.63, 3.8) is 0 Å². The van der Waals surface area contributed by atoms with Crippen molar-refractivity contribution >= 4 is 40.5 Å². The quantitative estimate of drug-likeness (QED) is 0.205. The van der Waals surface area contributed by atoms with Gasteiger partial charge < -0.3 is 20.3 Å². The van der Waals surface area contributed by atoms with Crippen LogP contribution in [0.15, 0.2) is 0 Å². The molecule has 4 rings (SSSR count). The van der Waals surface area contributed by atoms with E-state index in [9.17, 15) is 19.6 Å². The van der Waals surface area contributed by atoms with E-state index in [1.165, 1.54) is 51.4 Å². The molecular weight excluding hydrogens is 633 g/mol. The Morgan fingerprint density at radius 3 is 2.32 bits per heavy atom. The van der Waals surface area contributed by atoms with Gasteiger partial charge in [-0.05, 0) is 58.8 Å². The standard InChI is InChI=1S/C31H50IN5O4/c1-30(2,3)41-29(40)34-25-14-16-37(27(25)32)26(38)19-23(18-22-10-6-4-7-11-22)28(39)35-31(20-33)15-17-36(21-31)24-12-8-5-9-13-24/h22-25,27H,4-19,21H2,1-3H3,(H,34,40)(H,35,39). The fourth-order valence-electron chi connectivity index (χ4n) is 7.21. The largest absolute Gasteiger partial charge is 0.444 e. The molecule has 10 heteroatoms. The van der Waals surface area contributed by atoms with E-state index in [2.05, 4.69) is 44.2 Å². The van der Waals surface area contributed by atoms with Gasteiger partial charge in [-0.3, -0.25) is 14.5 Å². The molecule has 0 aromatic heterocycles. The van der Waals surface area contributed by atoms with Gasteiger partial charge >= 0.3 is 6.09 Å². The second kappa shape index (κ2) is 14.2. The lowest BCUT2D eigenvalue weighted by molar-refractivity contribution is -0.136. The average Bonchev–Trinajstić information content (AvgIpc) is 3.52. The van der Waals surface area contributed by atoms with E-state index in [1.807, 2.05) is 20.8 Å². The Hall–Kier alpha value is -1.61. The Morgan fingerprint density at radius 2 is 1.68 bits per heavy atom. The Bertz CT molecular complexity index is 969. The Balaban J connectivity index is 1.39. The number of ether oxygens (including phenoxy) is 1. The predicted molar refractivity (Wildman–Crippen MR) is 166 cm³/mol. The number of carbonyl (C=O) groups is 3. The molecule has 2 N–H and O–H groups in total. The highest BCUT2D eigenvalue weighted by Crippen LogP contribution is 2.34. The van der Waals surface area contributed by atoms with Crippen molar-refractivity contribution in [3.05, 3.63) is 0 Å². The van der Waals surface area contributed by atoms with Gasteiger partial charge in [-0.1, -0.05) is 74.0 Å². The van der Waals surface area contributed by atoms with Gasteiger partial charge in [-0.2, -0.15) is 5.26 Å². The highest BCUT2D eigenvalue weighted by Gasteiger charge is 2.44. The van der Waals surface area contributed by atoms with Gasteiger partial charge in [0.05, 0.1) is 12.1 Å². The summed E-state index contributed by atoms with van der Waals surface area (Å²) in [7, 11) is 0. The van der Waals surface area contributed by atoms with Gasteiger partial charge in [0.15, 0.2) is 0 Å². The fourth-order valence-corrected chi connectivity index (χ4v) is 8.34. The zero-order valence-corrected chi connectivity index (χ0v) is 27.4. The SMILES string of the molecule is CC(C)(C)OC(=O)NC1CCN(C(=O)CC(CC2CCCCC2)C(=O)NC2(C#N)CCN(C3CCCCC3)C2)C1I. The van der Waals surface area contributed by atoms with Crippen LogP contribution in [0.3, 0.4) is 0 Å². The molecular formula is C31H50IN5O4. The minimum Gasteiger partial charge on any atom is -0.444 e. The molecule has 2 aliphatic carbocycles. The minimum atomic E-state index is -0.885. The van der Waals surface area contributed by atoms with Crippen molar-refractivity contribution < 1.29 is 19.1 Å². The van der Waals surface area contributed by atoms with Crippen LogP contribution in [0.5, 0.6) is 0 Å². The number of rotatable bonds is 8. The van der Waals surface area contributed by atoms with Crippen LogP contribution in [-0.2, 0) is 14.3 Å². The Labute approximate surface area is 260 Å². The molecule has 2 saturated carbocycles. The van der Waals surface area contributed by atoms with Crippen LogP contribution < -0.4 is 10.6 Å². The van der Waals surface area contributed by atoms with E-state index in [-0.39, 0.29) is 28.3 Å². The summed E-state index contributed by atoms with van der Waals surface area (Å²) < 4.78 is 5.20. The van der Waals surface area contributed by atoms with Crippen molar-refractivity contribution in [3.8, 4) is 6.07 Å². The summed E-state index contributed by atoms with van der Waals surface area (Å²) >= 11 is 2.22. The van der Waals surface area contributed by atoms with Crippen molar-refractivity contribution in [2.45, 2.75) is 138 Å². The molecule has 3 amide bonds. The summed E-state index contributed by atoms with van der Waals surface area (Å²) in [4.78, 5) is 44.1. The number of amides is 3. The summed E-state index contributed by atoms with van der Waals surface area (Å²) in [5.74, 6) is -0.233. The van der Waals surface area contributed by atoms with Gasteiger partial charge in [-0.15, -0.1) is 0 Å². The number of hydrogen-bond acceptors (Lipinski definition) is 6. The van der Waals surface area contributed by atoms with Crippen LogP contribution in [-0.4, -0.2) is 74.6 Å². The summed E-state index contributed by atoms with van der Waals surface area (Å²) in [5, 5.41) is 16.3. The van der Waals surface area contributed by atoms with Crippen molar-refractivity contribution in [2.24, 2.45) is 11.8 Å². The summed E-state index contributed by atoms with van der Waals surface area (Å²) in [6, 6.07) is 2.77. The fraction of sp³-hybridized carbons (Fsp3) is 0.871. The zero-order valence-electron chi connectivity index (χ0n) is 25.3. The third kappa shape index (κ3) is 8.94. The maximum atomic E-state index is 13.9. The van der Waals surface area contributed by atoms with Crippen LogP contribution in [0, 0.1) is 23.2 Å². The van der Waals surface area contributed by atoms with Crippen LogP contribution in [0.25, 0.3) is 0 Å². The number of carbonyl (C=O) groups excluding carboxylic acids is 3. The first-order valence-corrected chi connectivity index (χ1v) is 17.1. The van der Waals surface area contributed by atoms with Crippen molar-refractivity contribution in [1.29, 1.82) is 5.26 Å². The molecule has 4 unspecified atom stereocenters. The number of nitrogens with one attached hydrogen (secondary N) is 2. The van der Waals surface area contributed by atoms with E-state index >= 15 is 0 Å². The third-order valence-electron chi connectivity index (χ3n) is 9.43. The predicted octanol–water partition coefficient (Wildman–Crippen LogP) is 5.27. The highest BCUT2D eigenvalue weighted by molar-refractivity contribution is 14.1. The average molecular weight is 684 g/mol. The third-order valence-corrected chi connectivity index (χ3v) is 11.0. The first-order chi connectivity index (χ1) is 19.5. The lowest BCUT2D eigenvalue weighted by Crippen LogP contribution is -2.53. The molecule has 41 heavy (non-hydrogen) atoms. The van der Waals surface area contributed by atoms with Crippen LogP contribution in [0.4, 0.5) is 4.79 Å². The van der Waals surface area contributed by atoms with Gasteiger partial charge in [0.2, 0.25) is 11.8 Å². The number of alkyl halides is 1. The molecule has 0 aromatic carbocycles. The van der Waals surface area contributed by atoms with Gasteiger partial charge in [0, 0.05) is 38.0 Å². The van der Waals surface area contributed by atoms with Crippen LogP contribution >= 0.6 is 22.6 Å². The normalized spacial score (nSPS) is 29.1. The van der Waals surface area contributed by atoms with E-state index < -0.39 is 23.2 Å². The van der Waals surface area contributed by atoms with Crippen LogP contribution in [0.1, 0.15) is 111 Å². The van der Waals surface area contributed by atoms with Gasteiger partial charge in [0.25, 0.3) is 0 Å². The molecule has 2 heterocycles. The lowest BCUT2D eigenvalue weighted by atomic mass is 9.81. The molecule has 0 spiro atoms. The summed E-state index contributed by atoms with van der Waals surface area (Å²) in [6.45, 7) is 7.41. The molecule has 4 fully saturated rings. The molecule has 4 atom stereocenters. The first kappa shape index (κ1) is 32.3. The van der Waals surface area contributed by atoms with Crippen LogP contribution in [0.2, 0.25) is 0 Å². The number of likely N-dealkylation sites (tertiary alicyclic amines) is 2. The number of nitrogens with zero attached hydrogens (tertiary/aromatic N) is 3. The second-order valence-electron chi connectivity index (χ2n) is 13.8. The Morgan fingerprint density at radius 1 is 1.02 bits per heavy atom. The number of halogens is 1. The zero-order chi connectivity index (χ0) is 29.6. The summed E-state index contributed by atoms with van der Waals surface area (Å²) in [5.41, 5.74) is -1.48. The minimum absolute atomic E-state index is 0.0601. The highest BCUT2D eigenvalue weighted by atomic mass is 127. The first-order valence-electron chi connectivity index (χ1n) is 15.9.